The number of halogens is 3. The van der Waals surface area contributed by atoms with Gasteiger partial charge in [0.2, 0.25) is 0 Å². The molecule has 4 rings (SSSR count). The molecule has 6 nitrogen and oxygen atoms in total. The molecule has 3 aromatic rings. The van der Waals surface area contributed by atoms with Gasteiger partial charge in [-0.15, -0.1) is 0 Å². The van der Waals surface area contributed by atoms with E-state index in [0.29, 0.717) is 4.52 Å². The number of rotatable bonds is 3. The van der Waals surface area contributed by atoms with Crippen molar-refractivity contribution in [2.24, 2.45) is 0 Å². The predicted molar refractivity (Wildman–Crippen MR) is 90.2 cm³/mol. The van der Waals surface area contributed by atoms with Gasteiger partial charge >= 0.3 is 6.18 Å². The average molecular weight is 375 g/mol. The number of nitrogens with zero attached hydrogens (tertiary/aromatic N) is 4. The van der Waals surface area contributed by atoms with E-state index in [2.05, 4.69) is 20.4 Å². The van der Waals surface area contributed by atoms with Crippen LogP contribution in [0.3, 0.4) is 0 Å². The fraction of sp³-hybridized carbons (Fsp3) is 0.333. The van der Waals surface area contributed by atoms with Crippen LogP contribution in [0.5, 0.6) is 0 Å². The molecule has 0 aliphatic heterocycles. The Morgan fingerprint density at radius 1 is 1.26 bits per heavy atom. The summed E-state index contributed by atoms with van der Waals surface area (Å²) < 4.78 is 40.2. The van der Waals surface area contributed by atoms with E-state index in [9.17, 15) is 18.0 Å². The van der Waals surface area contributed by atoms with Crippen molar-refractivity contribution < 1.29 is 18.0 Å². The zero-order chi connectivity index (χ0) is 19.2. The van der Waals surface area contributed by atoms with E-state index in [1.54, 1.807) is 6.20 Å². The predicted octanol–water partition coefficient (Wildman–Crippen LogP) is 2.87. The minimum Gasteiger partial charge on any atom is -0.348 e. The van der Waals surface area contributed by atoms with E-state index >= 15 is 0 Å². The molecule has 9 heteroatoms. The Hall–Kier alpha value is -2.97. The standard InChI is InChI=1S/C18H16F3N5O/c1-10-5-15(18(19,20)21)26-16(25-10)13(9-24-26)17(27)23-8-11-6-12-3-2-4-14(12)22-7-11/h5-7,9H,2-4,8H2,1H3,(H,23,27). The van der Waals surface area contributed by atoms with E-state index in [-0.39, 0.29) is 23.4 Å². The quantitative estimate of drug-likeness (QED) is 0.764. The van der Waals surface area contributed by atoms with Crippen molar-refractivity contribution in [2.45, 2.75) is 38.9 Å². The van der Waals surface area contributed by atoms with Crippen LogP contribution in [0.25, 0.3) is 5.65 Å². The Bertz CT molecular complexity index is 1040. The summed E-state index contributed by atoms with van der Waals surface area (Å²) >= 11 is 0. The maximum atomic E-state index is 13.2. The van der Waals surface area contributed by atoms with Crippen LogP contribution in [0.4, 0.5) is 13.2 Å². The van der Waals surface area contributed by atoms with Crippen LogP contribution in [0.15, 0.2) is 24.5 Å². The van der Waals surface area contributed by atoms with E-state index < -0.39 is 17.8 Å². The van der Waals surface area contributed by atoms with Gasteiger partial charge in [0.25, 0.3) is 5.91 Å². The lowest BCUT2D eigenvalue weighted by Crippen LogP contribution is -2.23. The molecule has 0 atom stereocenters. The second-order valence-corrected chi connectivity index (χ2v) is 6.56. The normalized spacial score (nSPS) is 13.8. The van der Waals surface area contributed by atoms with E-state index in [1.807, 2.05) is 6.07 Å². The van der Waals surface area contributed by atoms with Gasteiger partial charge in [0.15, 0.2) is 5.65 Å². The van der Waals surface area contributed by atoms with Crippen LogP contribution in [0, 0.1) is 6.92 Å². The number of alkyl halides is 3. The van der Waals surface area contributed by atoms with Gasteiger partial charge in [-0.3, -0.25) is 9.78 Å². The molecule has 140 valence electrons. The molecule has 0 bridgehead atoms. The second kappa shape index (κ2) is 6.33. The molecular formula is C18H16F3N5O. The summed E-state index contributed by atoms with van der Waals surface area (Å²) in [7, 11) is 0. The molecule has 0 saturated heterocycles. The zero-order valence-corrected chi connectivity index (χ0v) is 14.5. The molecule has 1 amide bonds. The van der Waals surface area contributed by atoms with E-state index in [0.717, 1.165) is 42.8 Å². The highest BCUT2D eigenvalue weighted by Crippen LogP contribution is 2.30. The van der Waals surface area contributed by atoms with Gasteiger partial charge in [0.1, 0.15) is 11.3 Å². The molecule has 1 aliphatic rings. The summed E-state index contributed by atoms with van der Waals surface area (Å²) in [5, 5.41) is 6.42. The summed E-state index contributed by atoms with van der Waals surface area (Å²) in [6.07, 6.45) is 1.24. The average Bonchev–Trinajstić information content (AvgIpc) is 3.24. The molecular weight excluding hydrogens is 359 g/mol. The van der Waals surface area contributed by atoms with Gasteiger partial charge in [-0.25, -0.2) is 9.50 Å². The van der Waals surface area contributed by atoms with Gasteiger partial charge in [-0.05, 0) is 43.4 Å². The number of aryl methyl sites for hydroxylation is 3. The first-order valence-electron chi connectivity index (χ1n) is 8.50. The molecule has 0 aromatic carbocycles. The maximum Gasteiger partial charge on any atom is 0.433 e. The highest BCUT2D eigenvalue weighted by atomic mass is 19.4. The lowest BCUT2D eigenvalue weighted by Gasteiger charge is -2.10. The molecule has 0 spiro atoms. The lowest BCUT2D eigenvalue weighted by molar-refractivity contribution is -0.142. The Kier molecular flexibility index (Phi) is 4.09. The molecule has 0 radical (unpaired) electrons. The van der Waals surface area contributed by atoms with Crippen LogP contribution < -0.4 is 5.32 Å². The Morgan fingerprint density at radius 2 is 2.07 bits per heavy atom. The van der Waals surface area contributed by atoms with Gasteiger partial charge in [-0.1, -0.05) is 6.07 Å². The second-order valence-electron chi connectivity index (χ2n) is 6.56. The third kappa shape index (κ3) is 3.24. The van der Waals surface area contributed by atoms with Crippen LogP contribution in [-0.4, -0.2) is 25.5 Å². The van der Waals surface area contributed by atoms with Crippen molar-refractivity contribution >= 4 is 11.6 Å². The summed E-state index contributed by atoms with van der Waals surface area (Å²) in [5.74, 6) is -0.531. The SMILES string of the molecule is Cc1cc(C(F)(F)F)n2ncc(C(=O)NCc3cnc4c(c3)CCC4)c2n1. The van der Waals surface area contributed by atoms with Gasteiger partial charge in [0.05, 0.1) is 6.20 Å². The molecule has 27 heavy (non-hydrogen) atoms. The molecule has 0 fully saturated rings. The number of amides is 1. The van der Waals surface area contributed by atoms with Crippen molar-refractivity contribution in [3.8, 4) is 0 Å². The monoisotopic (exact) mass is 375 g/mol. The van der Waals surface area contributed by atoms with Crippen LogP contribution in [0.1, 0.15) is 45.0 Å². The highest BCUT2D eigenvalue weighted by Gasteiger charge is 2.35. The molecule has 3 aromatic heterocycles. The van der Waals surface area contributed by atoms with E-state index in [4.69, 9.17) is 0 Å². The van der Waals surface area contributed by atoms with Crippen LogP contribution in [0.2, 0.25) is 0 Å². The van der Waals surface area contributed by atoms with Crippen molar-refractivity contribution in [2.75, 3.05) is 0 Å². The van der Waals surface area contributed by atoms with Gasteiger partial charge < -0.3 is 5.32 Å². The summed E-state index contributed by atoms with van der Waals surface area (Å²) in [6.45, 7) is 1.68. The lowest BCUT2D eigenvalue weighted by atomic mass is 10.1. The number of hydrogen-bond donors (Lipinski definition) is 1. The minimum absolute atomic E-state index is 0.00156. The molecule has 1 aliphatic carbocycles. The smallest absolute Gasteiger partial charge is 0.348 e. The Balaban J connectivity index is 1.59. The fourth-order valence-corrected chi connectivity index (χ4v) is 3.30. The number of pyridine rings is 1. The van der Waals surface area contributed by atoms with Crippen LogP contribution in [-0.2, 0) is 25.6 Å². The third-order valence-corrected chi connectivity index (χ3v) is 4.56. The number of carbonyl (C=O) groups excluding carboxylic acids is 1. The first-order valence-corrected chi connectivity index (χ1v) is 8.50. The third-order valence-electron chi connectivity index (χ3n) is 4.56. The molecule has 0 unspecified atom stereocenters. The van der Waals surface area contributed by atoms with Gasteiger partial charge in [0, 0.05) is 24.1 Å². The summed E-state index contributed by atoms with van der Waals surface area (Å²) in [4.78, 5) is 20.9. The summed E-state index contributed by atoms with van der Waals surface area (Å²) in [6, 6.07) is 2.91. The van der Waals surface area contributed by atoms with Crippen molar-refractivity contribution in [3.63, 3.8) is 0 Å². The molecule has 1 N–H and O–H groups in total. The Morgan fingerprint density at radius 3 is 2.85 bits per heavy atom. The maximum absolute atomic E-state index is 13.2. The number of fused-ring (bicyclic) bond motifs is 2. The first kappa shape index (κ1) is 17.4. The van der Waals surface area contributed by atoms with Crippen molar-refractivity contribution in [1.29, 1.82) is 0 Å². The first-order chi connectivity index (χ1) is 12.8. The minimum atomic E-state index is -4.60. The molecule has 0 saturated carbocycles. The topological polar surface area (TPSA) is 72.2 Å². The Labute approximate surface area is 152 Å². The van der Waals surface area contributed by atoms with Crippen molar-refractivity contribution in [1.82, 2.24) is 24.9 Å². The highest BCUT2D eigenvalue weighted by molar-refractivity contribution is 5.99. The summed E-state index contributed by atoms with van der Waals surface area (Å²) in [5.41, 5.74) is 2.20. The van der Waals surface area contributed by atoms with Crippen molar-refractivity contribution in [3.05, 3.63) is 58.3 Å². The number of aromatic nitrogens is 4. The fourth-order valence-electron chi connectivity index (χ4n) is 3.30. The largest absolute Gasteiger partial charge is 0.433 e. The van der Waals surface area contributed by atoms with Gasteiger partial charge in [-0.2, -0.15) is 18.3 Å². The number of carbonyl (C=O) groups is 1. The number of hydrogen-bond acceptors (Lipinski definition) is 4. The zero-order valence-electron chi connectivity index (χ0n) is 14.5. The molecule has 3 heterocycles. The van der Waals surface area contributed by atoms with Crippen LogP contribution >= 0.6 is 0 Å². The number of nitrogens with one attached hydrogen (secondary N) is 1. The van der Waals surface area contributed by atoms with E-state index in [1.165, 1.54) is 12.5 Å².